The van der Waals surface area contributed by atoms with Gasteiger partial charge in [0.1, 0.15) is 0 Å². The quantitative estimate of drug-likeness (QED) is 0.798. The van der Waals surface area contributed by atoms with E-state index in [4.69, 9.17) is 4.74 Å². The highest BCUT2D eigenvalue weighted by molar-refractivity contribution is 6.11. The highest BCUT2D eigenvalue weighted by Crippen LogP contribution is 2.66. The third-order valence-corrected chi connectivity index (χ3v) is 5.65. The van der Waals surface area contributed by atoms with E-state index in [0.29, 0.717) is 13.2 Å². The molecule has 5 heteroatoms. The largest absolute Gasteiger partial charge is 0.383 e. The standard InChI is InChI=1S/C20H19N3O2/c1-25-9-8-23-18-5-3-2-4-15(18)20(19(23)24)11-16(20)13-6-7-14-12-21-22-17(14)10-13/h2-7,10,12,16H,8-9,11H2,1H3,(H,21,22). The van der Waals surface area contributed by atoms with Crippen molar-refractivity contribution < 1.29 is 9.53 Å². The van der Waals surface area contributed by atoms with E-state index in [-0.39, 0.29) is 11.8 Å². The SMILES string of the molecule is COCCN1C(=O)C2(CC2c2ccc3cn[nH]c3c2)c2ccccc21. The lowest BCUT2D eigenvalue weighted by Gasteiger charge is -2.17. The summed E-state index contributed by atoms with van der Waals surface area (Å²) in [6.45, 7) is 1.14. The summed E-state index contributed by atoms with van der Waals surface area (Å²) in [6.07, 6.45) is 2.69. The van der Waals surface area contributed by atoms with Crippen molar-refractivity contribution in [2.45, 2.75) is 17.8 Å². The fourth-order valence-electron chi connectivity index (χ4n) is 4.33. The number of hydrogen-bond donors (Lipinski definition) is 1. The number of rotatable bonds is 4. The molecule has 126 valence electrons. The second kappa shape index (κ2) is 5.17. The van der Waals surface area contributed by atoms with Gasteiger partial charge in [-0.25, -0.2) is 0 Å². The Morgan fingerprint density at radius 1 is 1.32 bits per heavy atom. The molecule has 1 spiro atoms. The molecule has 1 N–H and O–H groups in total. The van der Waals surface area contributed by atoms with Gasteiger partial charge in [-0.1, -0.05) is 30.3 Å². The molecule has 0 radical (unpaired) electrons. The van der Waals surface area contributed by atoms with E-state index in [1.165, 1.54) is 5.56 Å². The van der Waals surface area contributed by atoms with E-state index in [1.54, 1.807) is 7.11 Å². The number of carbonyl (C=O) groups is 1. The number of amides is 1. The molecule has 2 heterocycles. The number of anilines is 1. The molecule has 5 nitrogen and oxygen atoms in total. The van der Waals surface area contributed by atoms with E-state index in [1.807, 2.05) is 29.3 Å². The highest BCUT2D eigenvalue weighted by atomic mass is 16.5. The first-order valence-corrected chi connectivity index (χ1v) is 8.59. The lowest BCUT2D eigenvalue weighted by Crippen LogP contribution is -2.35. The molecule has 2 aromatic carbocycles. The number of aromatic nitrogens is 2. The zero-order valence-corrected chi connectivity index (χ0v) is 14.0. The van der Waals surface area contributed by atoms with Gasteiger partial charge >= 0.3 is 0 Å². The van der Waals surface area contributed by atoms with Gasteiger partial charge in [0.15, 0.2) is 0 Å². The van der Waals surface area contributed by atoms with Gasteiger partial charge in [0.2, 0.25) is 5.91 Å². The zero-order valence-electron chi connectivity index (χ0n) is 14.0. The number of para-hydroxylation sites is 1. The van der Waals surface area contributed by atoms with Gasteiger partial charge in [0, 0.05) is 30.6 Å². The fourth-order valence-corrected chi connectivity index (χ4v) is 4.33. The van der Waals surface area contributed by atoms with Crippen LogP contribution in [0.25, 0.3) is 10.9 Å². The first-order chi connectivity index (χ1) is 12.3. The first-order valence-electron chi connectivity index (χ1n) is 8.59. The average Bonchev–Trinajstić information content (AvgIpc) is 3.14. The Morgan fingerprint density at radius 3 is 3.08 bits per heavy atom. The minimum Gasteiger partial charge on any atom is -0.383 e. The Bertz CT molecular complexity index is 980. The number of aromatic amines is 1. The zero-order chi connectivity index (χ0) is 17.0. The van der Waals surface area contributed by atoms with Gasteiger partial charge in [-0.2, -0.15) is 5.10 Å². The molecule has 1 fully saturated rings. The second-order valence-corrected chi connectivity index (χ2v) is 6.91. The van der Waals surface area contributed by atoms with Crippen LogP contribution in [0.4, 0.5) is 5.69 Å². The molecule has 1 aliphatic carbocycles. The molecule has 3 aromatic rings. The van der Waals surface area contributed by atoms with Gasteiger partial charge in [0.05, 0.1) is 23.7 Å². The predicted molar refractivity (Wildman–Crippen MR) is 95.8 cm³/mol. The normalized spacial score (nSPS) is 24.3. The van der Waals surface area contributed by atoms with Crippen LogP contribution in [0.1, 0.15) is 23.5 Å². The number of hydrogen-bond acceptors (Lipinski definition) is 3. The van der Waals surface area contributed by atoms with Crippen LogP contribution in [-0.2, 0) is 14.9 Å². The van der Waals surface area contributed by atoms with Gasteiger partial charge in [0.25, 0.3) is 0 Å². The third-order valence-electron chi connectivity index (χ3n) is 5.65. The Hall–Kier alpha value is -2.66. The summed E-state index contributed by atoms with van der Waals surface area (Å²) in [6, 6.07) is 14.5. The molecule has 1 aromatic heterocycles. The Balaban J connectivity index is 1.56. The van der Waals surface area contributed by atoms with Crippen molar-refractivity contribution in [3.8, 4) is 0 Å². The third kappa shape index (κ3) is 1.93. The minimum atomic E-state index is -0.405. The lowest BCUT2D eigenvalue weighted by atomic mass is 9.92. The van der Waals surface area contributed by atoms with Crippen molar-refractivity contribution in [3.05, 3.63) is 59.8 Å². The molecule has 25 heavy (non-hydrogen) atoms. The number of fused-ring (bicyclic) bond motifs is 3. The van der Waals surface area contributed by atoms with E-state index in [9.17, 15) is 4.79 Å². The molecule has 2 unspecified atom stereocenters. The van der Waals surface area contributed by atoms with Gasteiger partial charge in [-0.15, -0.1) is 0 Å². The summed E-state index contributed by atoms with van der Waals surface area (Å²) in [5.74, 6) is 0.432. The number of ether oxygens (including phenoxy) is 1. The number of methoxy groups -OCH3 is 1. The van der Waals surface area contributed by atoms with Crippen molar-refractivity contribution in [3.63, 3.8) is 0 Å². The minimum absolute atomic E-state index is 0.209. The summed E-state index contributed by atoms with van der Waals surface area (Å²) >= 11 is 0. The molecular formula is C20H19N3O2. The van der Waals surface area contributed by atoms with E-state index in [2.05, 4.69) is 34.5 Å². The van der Waals surface area contributed by atoms with Crippen molar-refractivity contribution >= 4 is 22.5 Å². The maximum Gasteiger partial charge on any atom is 0.238 e. The number of nitrogens with zero attached hydrogens (tertiary/aromatic N) is 2. The topological polar surface area (TPSA) is 58.2 Å². The summed E-state index contributed by atoms with van der Waals surface area (Å²) in [5, 5.41) is 8.22. The smallest absolute Gasteiger partial charge is 0.238 e. The molecule has 2 atom stereocenters. The summed E-state index contributed by atoms with van der Waals surface area (Å²) in [7, 11) is 1.67. The molecule has 5 rings (SSSR count). The van der Waals surface area contributed by atoms with Crippen molar-refractivity contribution in [2.24, 2.45) is 0 Å². The van der Waals surface area contributed by atoms with Gasteiger partial charge in [-0.05, 0) is 29.7 Å². The van der Waals surface area contributed by atoms with Gasteiger partial charge in [-0.3, -0.25) is 9.89 Å². The molecule has 0 bridgehead atoms. The number of H-pyrrole nitrogens is 1. The Morgan fingerprint density at radius 2 is 2.20 bits per heavy atom. The Labute approximate surface area is 145 Å². The molecule has 0 saturated heterocycles. The monoisotopic (exact) mass is 333 g/mol. The summed E-state index contributed by atoms with van der Waals surface area (Å²) in [5.41, 5.74) is 4.02. The summed E-state index contributed by atoms with van der Waals surface area (Å²) < 4.78 is 5.20. The molecular weight excluding hydrogens is 314 g/mol. The van der Waals surface area contributed by atoms with Crippen molar-refractivity contribution in [1.29, 1.82) is 0 Å². The maximum absolute atomic E-state index is 13.3. The number of carbonyl (C=O) groups excluding carboxylic acids is 1. The van der Waals surface area contributed by atoms with E-state index in [0.717, 1.165) is 28.6 Å². The number of benzene rings is 2. The highest BCUT2D eigenvalue weighted by Gasteiger charge is 2.66. The lowest BCUT2D eigenvalue weighted by molar-refractivity contribution is -0.120. The molecule has 2 aliphatic rings. The molecule has 1 saturated carbocycles. The van der Waals surface area contributed by atoms with Crippen LogP contribution in [-0.4, -0.2) is 36.4 Å². The fraction of sp³-hybridized carbons (Fsp3) is 0.300. The molecule has 1 amide bonds. The van der Waals surface area contributed by atoms with Crippen LogP contribution in [0, 0.1) is 0 Å². The second-order valence-electron chi connectivity index (χ2n) is 6.91. The number of nitrogens with one attached hydrogen (secondary N) is 1. The van der Waals surface area contributed by atoms with Crippen LogP contribution in [0.5, 0.6) is 0 Å². The van der Waals surface area contributed by atoms with Crippen LogP contribution >= 0.6 is 0 Å². The van der Waals surface area contributed by atoms with E-state index >= 15 is 0 Å². The summed E-state index contributed by atoms with van der Waals surface area (Å²) in [4.78, 5) is 15.2. The van der Waals surface area contributed by atoms with Crippen LogP contribution in [0.3, 0.4) is 0 Å². The Kier molecular flexibility index (Phi) is 3.03. The van der Waals surface area contributed by atoms with Gasteiger partial charge < -0.3 is 9.64 Å². The van der Waals surface area contributed by atoms with Crippen LogP contribution < -0.4 is 4.90 Å². The van der Waals surface area contributed by atoms with Crippen molar-refractivity contribution in [2.75, 3.05) is 25.2 Å². The van der Waals surface area contributed by atoms with Crippen LogP contribution in [0.2, 0.25) is 0 Å². The maximum atomic E-state index is 13.3. The molecule has 1 aliphatic heterocycles. The average molecular weight is 333 g/mol. The van der Waals surface area contributed by atoms with Crippen molar-refractivity contribution in [1.82, 2.24) is 10.2 Å². The predicted octanol–water partition coefficient (Wildman–Crippen LogP) is 2.98. The first kappa shape index (κ1) is 14.7. The van der Waals surface area contributed by atoms with Crippen LogP contribution in [0.15, 0.2) is 48.7 Å². The van der Waals surface area contributed by atoms with E-state index < -0.39 is 5.41 Å².